The van der Waals surface area contributed by atoms with E-state index in [1.807, 2.05) is 7.05 Å². The van der Waals surface area contributed by atoms with Crippen molar-refractivity contribution in [1.82, 2.24) is 9.21 Å². The Morgan fingerprint density at radius 2 is 1.72 bits per heavy atom. The highest BCUT2D eigenvalue weighted by Gasteiger charge is 2.29. The minimum atomic E-state index is -3.59. The first kappa shape index (κ1) is 26.2. The van der Waals surface area contributed by atoms with E-state index >= 15 is 0 Å². The molecule has 0 aromatic heterocycles. The van der Waals surface area contributed by atoms with Gasteiger partial charge in [0.25, 0.3) is 0 Å². The molecule has 2 aromatic carbocycles. The molecule has 0 aliphatic carbocycles. The van der Waals surface area contributed by atoms with Gasteiger partial charge in [-0.25, -0.2) is 13.4 Å². The quantitative estimate of drug-likeness (QED) is 0.296. The number of benzene rings is 2. The summed E-state index contributed by atoms with van der Waals surface area (Å²) >= 11 is 0. The largest absolute Gasteiger partial charge is 0.493 e. The number of nitrogens with two attached hydrogens (primary N) is 1. The Labute approximate surface area is 206 Å². The van der Waals surface area contributed by atoms with Crippen molar-refractivity contribution >= 4 is 45.6 Å². The molecule has 0 atom stereocenters. The molecule has 32 heavy (non-hydrogen) atoms. The van der Waals surface area contributed by atoms with Gasteiger partial charge in [0.05, 0.1) is 25.7 Å². The highest BCUT2D eigenvalue weighted by Crippen LogP contribution is 2.29. The molecule has 9 nitrogen and oxygen atoms in total. The Kier molecular flexibility index (Phi) is 9.55. The van der Waals surface area contributed by atoms with Gasteiger partial charge in [0.1, 0.15) is 0 Å². The summed E-state index contributed by atoms with van der Waals surface area (Å²) < 4.78 is 38.4. The molecule has 0 saturated carbocycles. The number of sulfonamides is 1. The third kappa shape index (κ3) is 6.24. The number of anilines is 1. The molecule has 0 unspecified atom stereocenters. The van der Waals surface area contributed by atoms with E-state index in [0.29, 0.717) is 48.9 Å². The lowest BCUT2D eigenvalue weighted by atomic mass is 10.2. The second-order valence-corrected chi connectivity index (χ2v) is 9.12. The van der Waals surface area contributed by atoms with Gasteiger partial charge in [-0.1, -0.05) is 18.2 Å². The van der Waals surface area contributed by atoms with E-state index < -0.39 is 10.0 Å². The van der Waals surface area contributed by atoms with Crippen molar-refractivity contribution in [3.63, 3.8) is 0 Å². The number of piperazine rings is 1. The van der Waals surface area contributed by atoms with Crippen LogP contribution < -0.4 is 20.5 Å². The number of likely N-dealkylation sites (N-methyl/N-ethyl adjacent to an activating group) is 1. The second kappa shape index (κ2) is 11.7. The lowest BCUT2D eigenvalue weighted by molar-refractivity contribution is 0.222. The van der Waals surface area contributed by atoms with Crippen LogP contribution in [0.3, 0.4) is 0 Å². The number of halogens is 1. The third-order valence-corrected chi connectivity index (χ3v) is 7.13. The van der Waals surface area contributed by atoms with Crippen molar-refractivity contribution in [2.75, 3.05) is 52.8 Å². The third-order valence-electron chi connectivity index (χ3n) is 5.13. The van der Waals surface area contributed by atoms with Gasteiger partial charge in [0.15, 0.2) is 17.5 Å². The van der Waals surface area contributed by atoms with Crippen molar-refractivity contribution in [2.45, 2.75) is 11.4 Å². The summed E-state index contributed by atoms with van der Waals surface area (Å²) in [6, 6.07) is 12.2. The first-order valence-corrected chi connectivity index (χ1v) is 11.3. The minimum absolute atomic E-state index is 0. The van der Waals surface area contributed by atoms with E-state index in [0.717, 1.165) is 0 Å². The van der Waals surface area contributed by atoms with E-state index in [2.05, 4.69) is 15.2 Å². The SMILES string of the molecule is COc1ccc(NC(N)=NCc2ccccc2S(=O)(=O)N2CCN(C)CC2)cc1OC.I. The molecule has 3 N–H and O–H groups in total. The topological polar surface area (TPSA) is 109 Å². The predicted molar refractivity (Wildman–Crippen MR) is 137 cm³/mol. The zero-order valence-corrected chi connectivity index (χ0v) is 21.6. The number of rotatable bonds is 7. The van der Waals surface area contributed by atoms with Gasteiger partial charge < -0.3 is 25.4 Å². The molecule has 3 rings (SSSR count). The summed E-state index contributed by atoms with van der Waals surface area (Å²) in [6.45, 7) is 2.50. The first-order chi connectivity index (χ1) is 14.8. The lowest BCUT2D eigenvalue weighted by Gasteiger charge is -2.32. The number of methoxy groups -OCH3 is 2. The number of hydrogen-bond acceptors (Lipinski definition) is 6. The molecule has 1 fully saturated rings. The standard InChI is InChI=1S/C21H29N5O4S.HI/c1-25-10-12-26(13-11-25)31(27,28)20-7-5-4-6-16(20)15-23-21(22)24-17-8-9-18(29-2)19(14-17)30-3;/h4-9,14H,10-13,15H2,1-3H3,(H3,22,23,24);1H. The van der Waals surface area contributed by atoms with E-state index in [4.69, 9.17) is 15.2 Å². The molecule has 2 aromatic rings. The van der Waals surface area contributed by atoms with Crippen molar-refractivity contribution in [2.24, 2.45) is 10.7 Å². The van der Waals surface area contributed by atoms with Crippen LogP contribution in [0.5, 0.6) is 11.5 Å². The first-order valence-electron chi connectivity index (χ1n) is 9.90. The average molecular weight is 575 g/mol. The van der Waals surface area contributed by atoms with Crippen LogP contribution in [0.15, 0.2) is 52.4 Å². The Morgan fingerprint density at radius 3 is 2.38 bits per heavy atom. The van der Waals surface area contributed by atoms with Gasteiger partial charge in [0.2, 0.25) is 10.0 Å². The van der Waals surface area contributed by atoms with Crippen LogP contribution in [0, 0.1) is 0 Å². The van der Waals surface area contributed by atoms with Gasteiger partial charge in [0, 0.05) is 37.9 Å². The van der Waals surface area contributed by atoms with Crippen LogP contribution in [0.25, 0.3) is 0 Å². The molecule has 0 spiro atoms. The molecule has 11 heteroatoms. The molecule has 1 aliphatic heterocycles. The minimum Gasteiger partial charge on any atom is -0.493 e. The number of nitrogens with zero attached hydrogens (tertiary/aromatic N) is 3. The Morgan fingerprint density at radius 1 is 1.06 bits per heavy atom. The predicted octanol–water partition coefficient (Wildman–Crippen LogP) is 2.18. The fourth-order valence-corrected chi connectivity index (χ4v) is 4.96. The Hall–Kier alpha value is -2.09. The van der Waals surface area contributed by atoms with E-state index in [9.17, 15) is 8.42 Å². The summed E-state index contributed by atoms with van der Waals surface area (Å²) in [7, 11) is 1.51. The molecule has 0 radical (unpaired) electrons. The second-order valence-electron chi connectivity index (χ2n) is 7.21. The fourth-order valence-electron chi connectivity index (χ4n) is 3.33. The van der Waals surface area contributed by atoms with Gasteiger partial charge in [-0.3, -0.25) is 0 Å². The van der Waals surface area contributed by atoms with Gasteiger partial charge in [-0.2, -0.15) is 4.31 Å². The molecule has 176 valence electrons. The molecule has 1 saturated heterocycles. The highest BCUT2D eigenvalue weighted by atomic mass is 127. The number of nitrogens with one attached hydrogen (secondary N) is 1. The van der Waals surface area contributed by atoms with E-state index in [1.165, 1.54) is 4.31 Å². The molecule has 0 amide bonds. The van der Waals surface area contributed by atoms with Crippen molar-refractivity contribution in [3.05, 3.63) is 48.0 Å². The summed E-state index contributed by atoms with van der Waals surface area (Å²) in [6.07, 6.45) is 0. The summed E-state index contributed by atoms with van der Waals surface area (Å²) in [5.74, 6) is 1.33. The number of guanidine groups is 1. The number of hydrogen-bond donors (Lipinski definition) is 2. The van der Waals surface area contributed by atoms with Crippen LogP contribution in [0.2, 0.25) is 0 Å². The molecular formula is C21H30IN5O4S. The Bertz CT molecular complexity index is 1040. The zero-order chi connectivity index (χ0) is 22.4. The van der Waals surface area contributed by atoms with Gasteiger partial charge >= 0.3 is 0 Å². The monoisotopic (exact) mass is 575 g/mol. The number of aliphatic imine (C=N–C) groups is 1. The molecule has 0 bridgehead atoms. The van der Waals surface area contributed by atoms with Crippen molar-refractivity contribution in [1.29, 1.82) is 0 Å². The summed E-state index contributed by atoms with van der Waals surface area (Å²) in [4.78, 5) is 6.72. The maximum absolute atomic E-state index is 13.2. The van der Waals surface area contributed by atoms with Crippen molar-refractivity contribution < 1.29 is 17.9 Å². The van der Waals surface area contributed by atoms with Crippen LogP contribution in [0.4, 0.5) is 5.69 Å². The van der Waals surface area contributed by atoms with E-state index in [-0.39, 0.29) is 41.4 Å². The van der Waals surface area contributed by atoms with Gasteiger partial charge in [-0.05, 0) is 30.8 Å². The zero-order valence-electron chi connectivity index (χ0n) is 18.4. The van der Waals surface area contributed by atoms with E-state index in [1.54, 1.807) is 56.7 Å². The average Bonchev–Trinajstić information content (AvgIpc) is 2.78. The normalized spacial score (nSPS) is 15.7. The summed E-state index contributed by atoms with van der Waals surface area (Å²) in [5.41, 5.74) is 7.31. The Balaban J connectivity index is 0.00000363. The molecule has 1 heterocycles. The fraction of sp³-hybridized carbons (Fsp3) is 0.381. The highest BCUT2D eigenvalue weighted by molar-refractivity contribution is 14.0. The maximum atomic E-state index is 13.2. The smallest absolute Gasteiger partial charge is 0.243 e. The van der Waals surface area contributed by atoms with Crippen molar-refractivity contribution in [3.8, 4) is 11.5 Å². The lowest BCUT2D eigenvalue weighted by Crippen LogP contribution is -2.47. The maximum Gasteiger partial charge on any atom is 0.243 e. The van der Waals surface area contributed by atoms with Crippen LogP contribution in [-0.2, 0) is 16.6 Å². The summed E-state index contributed by atoms with van der Waals surface area (Å²) in [5, 5.41) is 2.99. The van der Waals surface area contributed by atoms with Crippen LogP contribution in [0.1, 0.15) is 5.56 Å². The number of ether oxygens (including phenoxy) is 2. The molecular weight excluding hydrogens is 545 g/mol. The van der Waals surface area contributed by atoms with Gasteiger partial charge in [-0.15, -0.1) is 24.0 Å². The molecule has 1 aliphatic rings. The van der Waals surface area contributed by atoms with Crippen LogP contribution >= 0.6 is 24.0 Å². The van der Waals surface area contributed by atoms with Crippen LogP contribution in [-0.4, -0.2) is 71.0 Å².